The molecule has 26 heteroatoms. The minimum Gasteiger partial charge on any atom is -0.456 e. The number of aliphatic hydroxyl groups is 6. The van der Waals surface area contributed by atoms with E-state index in [1.807, 2.05) is 65.8 Å². The van der Waals surface area contributed by atoms with E-state index in [4.69, 9.17) is 47.4 Å². The third kappa shape index (κ3) is 23.8. The molecule has 0 unspecified atom stereocenters. The third-order valence-electron chi connectivity index (χ3n) is 25.8. The van der Waals surface area contributed by atoms with Gasteiger partial charge in [-0.2, -0.15) is 0 Å². The van der Waals surface area contributed by atoms with E-state index < -0.39 is 168 Å². The summed E-state index contributed by atoms with van der Waals surface area (Å²) in [5, 5.41) is 68.2. The van der Waals surface area contributed by atoms with E-state index in [9.17, 15) is 69.0 Å². The Kier molecular flexibility index (Phi) is 36.4. The molecule has 6 N–H and O–H groups in total. The Balaban J connectivity index is 0.000000313. The van der Waals surface area contributed by atoms with Crippen LogP contribution in [-0.4, -0.2) is 252 Å². The highest BCUT2D eigenvalue weighted by Gasteiger charge is 2.59. The molecular weight excluding hydrogens is 1460 g/mol. The fraction of sp³-hybridized carbons (Fsp3) is 0.793. The molecule has 640 valence electrons. The smallest absolute Gasteiger partial charge is 0.329 e. The van der Waals surface area contributed by atoms with Crippen LogP contribution < -0.4 is 0 Å². The molecule has 6 aliphatic heterocycles. The summed E-state index contributed by atoms with van der Waals surface area (Å²) in [4.78, 5) is 115. The number of piperidine rings is 2. The van der Waals surface area contributed by atoms with Gasteiger partial charge < -0.3 is 87.8 Å². The first kappa shape index (κ1) is 94.8. The van der Waals surface area contributed by atoms with Crippen molar-refractivity contribution in [3.8, 4) is 0 Å². The molecule has 4 bridgehead atoms. The number of amides is 2. The van der Waals surface area contributed by atoms with Gasteiger partial charge in [0.25, 0.3) is 23.4 Å². The number of carbonyl (C=O) groups is 8. The van der Waals surface area contributed by atoms with Crippen LogP contribution in [0.15, 0.2) is 59.3 Å². The predicted octanol–water partition coefficient (Wildman–Crippen LogP) is 9.11. The van der Waals surface area contributed by atoms with Crippen molar-refractivity contribution < 1.29 is 116 Å². The molecule has 6 heterocycles. The standard InChI is InChI=1S/C44H69NO12.C43H69NO12/c1-10-13-31-19-25(2)18-26(3)20-37(54-8)40-38(55-9)22-28(5)44(52,57-40)41(49)42(50)45-17-12-11-14-32(45)43(51)56-39(29(6)34(47)24-35(31)48)27(4)21-30-15-16-33(46)36(23-30)53-7;1-10-30-18-24(2)17-25(3)19-36(53-8)39-37(54-9)21-27(5)43(51,56-39)40(48)41(49)44-16-12-11-13-31(44)42(50)55-38(28(6)33(46)23-34(30)47)26(4)20-29-14-15-32(45)35(22-29)52-7/h10,19,21,26,28-34,36-40,46-47,52H,1,11-18,20,22-24H2,2-9H3;18,20,25,27-33,35-39,45-46,51H,10-17,19,21-23H2,1-9H3/b25-19+,27-21+;24-18+,26-20+/t26-,28+,29+,30-,31+,32-,33+,34-,36+,37-,38-,39+,40+,44+;25-,27+,28+,29-,30+,31-,32+,33-,35+,36-,37-,38+,39+,43+/m00/s1. The van der Waals surface area contributed by atoms with Crippen LogP contribution in [0.5, 0.6) is 0 Å². The van der Waals surface area contributed by atoms with Crippen molar-refractivity contribution in [3.05, 3.63) is 59.3 Å². The number of ketones is 4. The van der Waals surface area contributed by atoms with Crippen LogP contribution in [-0.2, 0) is 85.7 Å². The number of rotatable bonds is 13. The lowest BCUT2D eigenvalue weighted by atomic mass is 9.81. The van der Waals surface area contributed by atoms with Gasteiger partial charge in [0.15, 0.2) is 0 Å². The first-order valence-corrected chi connectivity index (χ1v) is 41.7. The summed E-state index contributed by atoms with van der Waals surface area (Å²) >= 11 is 0. The maximum absolute atomic E-state index is 14.3. The van der Waals surface area contributed by atoms with E-state index >= 15 is 0 Å². The second-order valence-corrected chi connectivity index (χ2v) is 34.4. The minimum atomic E-state index is -2.51. The summed E-state index contributed by atoms with van der Waals surface area (Å²) in [6.07, 6.45) is 8.65. The maximum Gasteiger partial charge on any atom is 0.329 e. The summed E-state index contributed by atoms with van der Waals surface area (Å²) < 4.78 is 59.5. The Labute approximate surface area is 670 Å². The number of ether oxygens (including phenoxy) is 10. The molecule has 8 aliphatic rings. The summed E-state index contributed by atoms with van der Waals surface area (Å²) in [5.74, 6) is -15.3. The van der Waals surface area contributed by atoms with Crippen molar-refractivity contribution in [2.45, 2.75) is 327 Å². The number of aliphatic hydroxyl groups excluding tert-OH is 4. The molecule has 26 nitrogen and oxygen atoms in total. The number of allylic oxidation sites excluding steroid dienone is 7. The van der Waals surface area contributed by atoms with Crippen LogP contribution in [0, 0.1) is 59.2 Å². The van der Waals surface area contributed by atoms with Gasteiger partial charge in [0.2, 0.25) is 11.6 Å². The molecule has 0 spiro atoms. The average molecular weight is 1600 g/mol. The van der Waals surface area contributed by atoms with Gasteiger partial charge in [-0.3, -0.25) is 28.8 Å². The van der Waals surface area contributed by atoms with Crippen molar-refractivity contribution in [3.63, 3.8) is 0 Å². The van der Waals surface area contributed by atoms with E-state index in [-0.39, 0.29) is 99.1 Å². The van der Waals surface area contributed by atoms with Gasteiger partial charge in [0.05, 0.1) is 61.0 Å². The van der Waals surface area contributed by atoms with Crippen LogP contribution >= 0.6 is 0 Å². The number of methoxy groups -OCH3 is 6. The summed E-state index contributed by atoms with van der Waals surface area (Å²) in [5.41, 5.74) is 3.27. The molecule has 2 aliphatic carbocycles. The molecule has 113 heavy (non-hydrogen) atoms. The first-order valence-electron chi connectivity index (χ1n) is 41.7. The van der Waals surface area contributed by atoms with Crippen LogP contribution in [0.1, 0.15) is 217 Å². The van der Waals surface area contributed by atoms with Gasteiger partial charge in [-0.25, -0.2) is 9.59 Å². The van der Waals surface area contributed by atoms with Gasteiger partial charge in [-0.05, 0) is 191 Å². The van der Waals surface area contributed by atoms with Gasteiger partial charge >= 0.3 is 11.9 Å². The molecule has 0 radical (unpaired) electrons. The van der Waals surface area contributed by atoms with E-state index in [1.54, 1.807) is 48.0 Å². The number of carbonyl (C=O) groups excluding carboxylic acids is 8. The van der Waals surface area contributed by atoms with Crippen molar-refractivity contribution in [1.29, 1.82) is 0 Å². The molecule has 6 fully saturated rings. The Morgan fingerprint density at radius 1 is 0.487 bits per heavy atom. The van der Waals surface area contributed by atoms with E-state index in [1.165, 1.54) is 38.2 Å². The van der Waals surface area contributed by atoms with Crippen molar-refractivity contribution >= 4 is 46.9 Å². The highest BCUT2D eigenvalue weighted by Crippen LogP contribution is 2.43. The third-order valence-corrected chi connectivity index (χ3v) is 25.8. The molecule has 2 saturated carbocycles. The minimum absolute atomic E-state index is 0.000914. The number of hydrogen-bond donors (Lipinski definition) is 6. The maximum atomic E-state index is 14.3. The van der Waals surface area contributed by atoms with E-state index in [0.717, 1.165) is 11.1 Å². The van der Waals surface area contributed by atoms with Gasteiger partial charge in [-0.1, -0.05) is 90.0 Å². The lowest BCUT2D eigenvalue weighted by Gasteiger charge is -2.47. The zero-order valence-electron chi connectivity index (χ0n) is 70.5. The molecule has 0 aromatic heterocycles. The Morgan fingerprint density at radius 2 is 0.841 bits per heavy atom. The van der Waals surface area contributed by atoms with Crippen LogP contribution in [0.25, 0.3) is 0 Å². The zero-order valence-corrected chi connectivity index (χ0v) is 70.5. The molecule has 4 saturated heterocycles. The Morgan fingerprint density at radius 3 is 1.19 bits per heavy atom. The van der Waals surface area contributed by atoms with Crippen molar-refractivity contribution in [2.75, 3.05) is 55.7 Å². The second-order valence-electron chi connectivity index (χ2n) is 34.4. The number of nitrogens with zero attached hydrogens (tertiary/aromatic N) is 2. The normalized spacial score (nSPS) is 41.3. The number of esters is 2. The van der Waals surface area contributed by atoms with E-state index in [2.05, 4.69) is 13.5 Å². The van der Waals surface area contributed by atoms with Crippen molar-refractivity contribution in [1.82, 2.24) is 9.80 Å². The van der Waals surface area contributed by atoms with Crippen LogP contribution in [0.4, 0.5) is 0 Å². The highest BCUT2D eigenvalue weighted by atomic mass is 16.7. The summed E-state index contributed by atoms with van der Waals surface area (Å²) in [6, 6.07) is -2.27. The molecule has 0 aromatic rings. The quantitative estimate of drug-likeness (QED) is 0.0568. The lowest BCUT2D eigenvalue weighted by molar-refractivity contribution is -0.302. The zero-order chi connectivity index (χ0) is 83.7. The molecule has 8 rings (SSSR count). The fourth-order valence-corrected chi connectivity index (χ4v) is 18.8. The Hall–Kier alpha value is -5.30. The first-order chi connectivity index (χ1) is 53.5. The predicted molar refractivity (Wildman–Crippen MR) is 421 cm³/mol. The summed E-state index contributed by atoms with van der Waals surface area (Å²) in [6.45, 7) is 24.4. The van der Waals surface area contributed by atoms with Gasteiger partial charge in [-0.15, -0.1) is 6.58 Å². The molecular formula is C87H138N2O24. The van der Waals surface area contributed by atoms with Gasteiger partial charge in [0.1, 0.15) is 48.1 Å². The number of cyclic esters (lactones) is 2. The SMILES string of the molecule is C=CC[C@@H]1/C=C(\C)C[C@H](C)C[C@H](OC)[C@H]2O[C@@](O)(C(=O)C(=O)N3CCCC[C@H]3C(=O)O[C@H](/C(C)=C/[C@@H]3CC[C@@H](O)[C@H](OC)C3)[C@H](C)[C@@H](O)CC1=O)[C@H](C)C[C@@H]2OC.CC[C@@H]1/C=C(\C)C[C@H](C)C[C@H](OC)[C@H]2O[C@@](O)(C(=O)C(=O)N3CCCC[C@H]3C(=O)O[C@H](/C(C)=C/[C@@H]3CC[C@@H](O)[C@H](OC)C3)[C@H](C)[C@@H](O)CC1=O)[C@H](C)C[C@@H]2OC. The number of fused-ring (bicyclic) bond motifs is 6. The molecule has 0 aromatic carbocycles. The molecule has 2 amide bonds. The van der Waals surface area contributed by atoms with Crippen molar-refractivity contribution in [2.24, 2.45) is 59.2 Å². The van der Waals surface area contributed by atoms with Crippen LogP contribution in [0.2, 0.25) is 0 Å². The lowest BCUT2D eigenvalue weighted by Crippen LogP contribution is -2.64. The number of Topliss-reactive ketones (excluding diaryl/α,β-unsaturated/α-hetero) is 4. The average Bonchev–Trinajstić information content (AvgIpc) is 0.849. The van der Waals surface area contributed by atoms with Gasteiger partial charge in [0, 0.05) is 104 Å². The monoisotopic (exact) mass is 1590 g/mol. The summed E-state index contributed by atoms with van der Waals surface area (Å²) in [7, 11) is 9.24. The highest BCUT2D eigenvalue weighted by molar-refractivity contribution is 6.39. The topological polar surface area (TPSA) is 357 Å². The van der Waals surface area contributed by atoms with E-state index in [0.29, 0.717) is 114 Å². The Bertz CT molecular complexity index is 3340. The number of hydrogen-bond acceptors (Lipinski definition) is 24. The van der Waals surface area contributed by atoms with Crippen LogP contribution in [0.3, 0.4) is 0 Å². The second kappa shape index (κ2) is 43.4. The molecule has 28 atom stereocenters. The fourth-order valence-electron chi connectivity index (χ4n) is 18.8. The largest absolute Gasteiger partial charge is 0.456 e.